The first-order valence-electron chi connectivity index (χ1n) is 15.9. The number of nitrogens with one attached hydrogen (secondary N) is 3. The third-order valence-corrected chi connectivity index (χ3v) is 11.0. The van der Waals surface area contributed by atoms with Gasteiger partial charge in [-0.25, -0.2) is 14.8 Å². The average molecular weight is 814 g/mol. The number of aliphatic hydroxyl groups is 1. The van der Waals surface area contributed by atoms with Gasteiger partial charge >= 0.3 is 5.97 Å². The maximum atomic E-state index is 13.6. The summed E-state index contributed by atoms with van der Waals surface area (Å²) in [5.74, 6) is -4.86. The van der Waals surface area contributed by atoms with Crippen LogP contribution < -0.4 is 21.9 Å². The summed E-state index contributed by atoms with van der Waals surface area (Å²) >= 11 is 3.48. The number of carbonyl (C=O) groups is 5. The lowest BCUT2D eigenvalue weighted by molar-refractivity contribution is -0.150. The molecule has 0 spiro atoms. The first-order valence-corrected chi connectivity index (χ1v) is 18.8. The molecule has 2 atom stereocenters. The van der Waals surface area contributed by atoms with Gasteiger partial charge in [0, 0.05) is 28.1 Å². The molecule has 4 aromatic rings. The largest absolute Gasteiger partial charge is 0.504 e. The van der Waals surface area contributed by atoms with Crippen molar-refractivity contribution in [2.45, 2.75) is 49.4 Å². The van der Waals surface area contributed by atoms with Gasteiger partial charge in [0.05, 0.1) is 0 Å². The summed E-state index contributed by atoms with van der Waals surface area (Å²) in [5.41, 5.74) is 8.56. The molecule has 2 aliphatic heterocycles. The first kappa shape index (κ1) is 38.7. The van der Waals surface area contributed by atoms with Crippen LogP contribution in [-0.4, -0.2) is 114 Å². The topological polar surface area (TPSA) is 309 Å². The van der Waals surface area contributed by atoms with Crippen LogP contribution >= 0.6 is 34.9 Å². The molecule has 1 aromatic carbocycles. The number of nitrogen functional groups attached to an aromatic ring is 1. The minimum absolute atomic E-state index is 0.0408. The Morgan fingerprint density at radius 3 is 2.56 bits per heavy atom. The van der Waals surface area contributed by atoms with Crippen molar-refractivity contribution in [2.75, 3.05) is 17.2 Å². The number of aliphatic carboxylic acids is 1. The van der Waals surface area contributed by atoms with Crippen LogP contribution in [0.3, 0.4) is 0 Å². The number of aryl methyl sites for hydroxylation is 1. The standard InChI is InChI=1S/C31H31N11O10S3/c1-12-6-19(42-30(33-12)35-18(8-43)39-42)53-9-14-10-54-26-21(25(48)41(26)22(14)27(49)50)36-24(47)20(15-11-55-29(32)34-15)40-52-31(2,3)28(51)38-37-23(46)13-4-5-16(44)17(45)7-13/h4-7,11,21,26,43-45H,8-10H2,1-3H3,(H2,32,34)(H,36,47)(H,37,46)(H,38,51)(H,49,50)/b40-20+. The van der Waals surface area contributed by atoms with Crippen molar-refractivity contribution >= 4 is 81.1 Å². The number of amides is 4. The highest BCUT2D eigenvalue weighted by molar-refractivity contribution is 8.01. The molecule has 4 amide bonds. The Morgan fingerprint density at radius 1 is 1.13 bits per heavy atom. The van der Waals surface area contributed by atoms with E-state index < -0.39 is 63.8 Å². The van der Waals surface area contributed by atoms with Crippen LogP contribution in [0.4, 0.5) is 5.13 Å². The van der Waals surface area contributed by atoms with Crippen molar-refractivity contribution in [3.63, 3.8) is 0 Å². The van der Waals surface area contributed by atoms with E-state index in [-0.39, 0.29) is 51.8 Å². The van der Waals surface area contributed by atoms with Gasteiger partial charge in [-0.15, -0.1) is 40.0 Å². The molecule has 0 radical (unpaired) electrons. The third kappa shape index (κ3) is 7.96. The van der Waals surface area contributed by atoms with E-state index >= 15 is 0 Å². The summed E-state index contributed by atoms with van der Waals surface area (Å²) in [6.45, 7) is 3.94. The lowest BCUT2D eigenvalue weighted by Gasteiger charge is -2.49. The molecule has 1 saturated heterocycles. The van der Waals surface area contributed by atoms with Crippen molar-refractivity contribution in [2.24, 2.45) is 5.16 Å². The summed E-state index contributed by atoms with van der Waals surface area (Å²) < 4.78 is 1.44. The number of aromatic hydroxyl groups is 2. The number of oxime groups is 1. The third-order valence-electron chi connectivity index (χ3n) is 7.94. The second-order valence-corrected chi connectivity index (χ2v) is 15.3. The number of phenolic OH excluding ortho intramolecular Hbond substituents is 2. The number of hydrazine groups is 1. The van der Waals surface area contributed by atoms with Crippen LogP contribution in [0, 0.1) is 6.92 Å². The van der Waals surface area contributed by atoms with Gasteiger partial charge in [-0.2, -0.15) is 9.50 Å². The second-order valence-electron chi connectivity index (χ2n) is 12.3. The number of phenols is 2. The Hall–Kier alpha value is -5.98. The normalized spacial score (nSPS) is 17.1. The number of aromatic nitrogens is 5. The van der Waals surface area contributed by atoms with Crippen molar-refractivity contribution in [1.29, 1.82) is 0 Å². The highest BCUT2D eigenvalue weighted by Gasteiger charge is 2.54. The average Bonchev–Trinajstić information content (AvgIpc) is 3.77. The number of carboxylic acid groups (broad SMARTS) is 1. The molecule has 0 aliphatic carbocycles. The molecule has 2 unspecified atom stereocenters. The molecular weight excluding hydrogens is 783 g/mol. The molecule has 24 heteroatoms. The van der Waals surface area contributed by atoms with Crippen molar-refractivity contribution in [1.82, 2.24) is 45.6 Å². The number of thiazole rings is 1. The fourth-order valence-corrected chi connectivity index (χ4v) is 8.22. The molecule has 9 N–H and O–H groups in total. The van der Waals surface area contributed by atoms with Gasteiger partial charge in [-0.05, 0) is 50.6 Å². The zero-order valence-corrected chi connectivity index (χ0v) is 31.3. The van der Waals surface area contributed by atoms with Gasteiger partial charge in [0.15, 0.2) is 28.2 Å². The number of hydrogen-bond donors (Lipinski definition) is 8. The molecule has 1 fully saturated rings. The van der Waals surface area contributed by atoms with Gasteiger partial charge < -0.3 is 36.3 Å². The Morgan fingerprint density at radius 2 is 1.89 bits per heavy atom. The number of carbonyl (C=O) groups excluding carboxylic acids is 4. The van der Waals surface area contributed by atoms with E-state index in [2.05, 4.69) is 41.4 Å². The molecule has 5 heterocycles. The number of nitrogens with two attached hydrogens (primary N) is 1. The molecule has 6 rings (SSSR count). The van der Waals surface area contributed by atoms with Gasteiger partial charge in [0.2, 0.25) is 5.60 Å². The number of hydrogen-bond acceptors (Lipinski definition) is 18. The van der Waals surface area contributed by atoms with Gasteiger partial charge in [-0.3, -0.25) is 34.9 Å². The minimum Gasteiger partial charge on any atom is -0.504 e. The van der Waals surface area contributed by atoms with E-state index in [0.717, 1.165) is 28.4 Å². The van der Waals surface area contributed by atoms with Gasteiger partial charge in [0.1, 0.15) is 34.4 Å². The highest BCUT2D eigenvalue weighted by atomic mass is 32.2. The number of benzene rings is 1. The summed E-state index contributed by atoms with van der Waals surface area (Å²) in [4.78, 5) is 84.1. The molecule has 0 saturated carbocycles. The number of aliphatic hydroxyl groups excluding tert-OH is 1. The van der Waals surface area contributed by atoms with Crippen LogP contribution in [0.1, 0.15) is 41.4 Å². The van der Waals surface area contributed by atoms with Crippen molar-refractivity contribution < 1.29 is 49.2 Å². The maximum Gasteiger partial charge on any atom is 0.352 e. The molecule has 3 aromatic heterocycles. The number of nitrogens with zero attached hydrogens (tertiary/aromatic N) is 7. The predicted molar refractivity (Wildman–Crippen MR) is 195 cm³/mol. The van der Waals surface area contributed by atoms with Gasteiger partial charge in [-0.1, -0.05) is 5.16 Å². The fourth-order valence-electron chi connectivity index (χ4n) is 5.13. The molecule has 288 valence electrons. The van der Waals surface area contributed by atoms with Crippen LogP contribution in [-0.2, 0) is 30.6 Å². The predicted octanol–water partition coefficient (Wildman–Crippen LogP) is -0.134. The fraction of sp³-hybridized carbons (Fsp3) is 0.290. The molecular formula is C31H31N11O10S3. The Balaban J connectivity index is 1.14. The lowest BCUT2D eigenvalue weighted by atomic mass is 10.0. The van der Waals surface area contributed by atoms with E-state index in [1.165, 1.54) is 53.3 Å². The van der Waals surface area contributed by atoms with E-state index in [9.17, 15) is 44.4 Å². The molecule has 21 nitrogen and oxygen atoms in total. The number of thioether (sulfide) groups is 2. The van der Waals surface area contributed by atoms with E-state index in [0.29, 0.717) is 16.3 Å². The van der Waals surface area contributed by atoms with Crippen molar-refractivity contribution in [3.8, 4) is 11.5 Å². The van der Waals surface area contributed by atoms with Crippen LogP contribution in [0.2, 0.25) is 0 Å². The minimum atomic E-state index is -1.81. The SMILES string of the molecule is Cc1cc(SCC2=C(C(=O)O)N3C(=O)C(NC(=O)/C(=N/OC(C)(C)C(=O)NNC(=O)c4ccc(O)c(O)c4)c4csc(N)n4)C3SC2)n2nc(CO)nc2n1. The smallest absolute Gasteiger partial charge is 0.352 e. The van der Waals surface area contributed by atoms with Crippen LogP contribution in [0.5, 0.6) is 11.5 Å². The van der Waals surface area contributed by atoms with Crippen LogP contribution in [0.15, 0.2) is 51.1 Å². The van der Waals surface area contributed by atoms with E-state index in [1.54, 1.807) is 13.0 Å². The number of β-lactam (4-membered cyclic amide) rings is 1. The Labute approximate surface area is 322 Å². The van der Waals surface area contributed by atoms with Gasteiger partial charge in [0.25, 0.3) is 29.4 Å². The number of anilines is 1. The quantitative estimate of drug-likeness (QED) is 0.0231. The summed E-state index contributed by atoms with van der Waals surface area (Å²) in [6, 6.07) is 3.85. The molecule has 55 heavy (non-hydrogen) atoms. The van der Waals surface area contributed by atoms with Crippen LogP contribution in [0.25, 0.3) is 5.78 Å². The van der Waals surface area contributed by atoms with Crippen molar-refractivity contribution in [3.05, 3.63) is 63.7 Å². The zero-order chi connectivity index (χ0) is 39.8. The first-order chi connectivity index (χ1) is 26.1. The Kier molecular flexibility index (Phi) is 10.8. The second kappa shape index (κ2) is 15.4. The lowest BCUT2D eigenvalue weighted by Crippen LogP contribution is -2.71. The Bertz CT molecular complexity index is 2310. The van der Waals surface area contributed by atoms with E-state index in [1.807, 2.05) is 0 Å². The summed E-state index contributed by atoms with van der Waals surface area (Å²) in [6.07, 6.45) is 0. The van der Waals surface area contributed by atoms with E-state index in [4.69, 9.17) is 10.6 Å². The summed E-state index contributed by atoms with van der Waals surface area (Å²) in [5, 5.41) is 50.7. The zero-order valence-electron chi connectivity index (χ0n) is 28.8. The number of fused-ring (bicyclic) bond motifs is 2. The number of carboxylic acids is 1. The maximum absolute atomic E-state index is 13.6. The molecule has 0 bridgehead atoms. The highest BCUT2D eigenvalue weighted by Crippen LogP contribution is 2.41. The molecule has 2 aliphatic rings. The number of rotatable bonds is 12. The summed E-state index contributed by atoms with van der Waals surface area (Å²) in [7, 11) is 0. The monoisotopic (exact) mass is 813 g/mol.